The number of esters is 1. The van der Waals surface area contributed by atoms with Crippen molar-refractivity contribution in [2.45, 2.75) is 46.1 Å². The first-order valence-electron chi connectivity index (χ1n) is 8.55. The van der Waals surface area contributed by atoms with Gasteiger partial charge in [-0.1, -0.05) is 20.8 Å². The molecule has 134 valence electrons. The number of carbonyl (C=O) groups is 1. The lowest BCUT2D eigenvalue weighted by molar-refractivity contribution is 0.0514. The molecule has 5 heteroatoms. The van der Waals surface area contributed by atoms with E-state index in [0.717, 1.165) is 40.0 Å². The number of benzene rings is 1. The molecule has 0 amide bonds. The monoisotopic (exact) mass is 405 g/mol. The summed E-state index contributed by atoms with van der Waals surface area (Å²) in [6, 6.07) is 6.19. The van der Waals surface area contributed by atoms with Crippen LogP contribution in [0.15, 0.2) is 22.7 Å². The molecule has 2 heterocycles. The summed E-state index contributed by atoms with van der Waals surface area (Å²) in [5.41, 5.74) is 5.22. The van der Waals surface area contributed by atoms with Gasteiger partial charge in [0.1, 0.15) is 11.4 Å². The van der Waals surface area contributed by atoms with Crippen molar-refractivity contribution in [2.75, 3.05) is 13.7 Å². The fourth-order valence-electron chi connectivity index (χ4n) is 3.43. The Labute approximate surface area is 157 Å². The topological polar surface area (TPSA) is 40.5 Å². The Bertz CT molecular complexity index is 830. The van der Waals surface area contributed by atoms with Crippen LogP contribution in [0, 0.1) is 0 Å². The van der Waals surface area contributed by atoms with Crippen molar-refractivity contribution in [1.82, 2.24) is 4.57 Å². The molecule has 0 saturated carbocycles. The Hall–Kier alpha value is -1.75. The Morgan fingerprint density at radius 2 is 2.00 bits per heavy atom. The summed E-state index contributed by atoms with van der Waals surface area (Å²) in [6.45, 7) is 9.49. The largest absolute Gasteiger partial charge is 0.496 e. The van der Waals surface area contributed by atoms with Gasteiger partial charge in [-0.25, -0.2) is 4.79 Å². The fourth-order valence-corrected chi connectivity index (χ4v) is 3.93. The quantitative estimate of drug-likeness (QED) is 0.677. The minimum Gasteiger partial charge on any atom is -0.496 e. The van der Waals surface area contributed by atoms with Crippen molar-refractivity contribution in [3.63, 3.8) is 0 Å². The summed E-state index contributed by atoms with van der Waals surface area (Å²) in [5.74, 6) is 0.581. The highest BCUT2D eigenvalue weighted by Gasteiger charge is 2.31. The first kappa shape index (κ1) is 18.1. The minimum atomic E-state index is -0.254. The van der Waals surface area contributed by atoms with Crippen LogP contribution in [-0.4, -0.2) is 24.3 Å². The average Bonchev–Trinajstić information content (AvgIpc) is 2.94. The molecule has 0 spiro atoms. The Kier molecular flexibility index (Phi) is 4.71. The second-order valence-electron chi connectivity index (χ2n) is 7.31. The van der Waals surface area contributed by atoms with Crippen molar-refractivity contribution in [1.29, 1.82) is 0 Å². The van der Waals surface area contributed by atoms with E-state index in [1.54, 1.807) is 7.11 Å². The number of aryl methyl sites for hydroxylation is 1. The molecular weight excluding hydrogens is 382 g/mol. The molecule has 1 aliphatic heterocycles. The summed E-state index contributed by atoms with van der Waals surface area (Å²) < 4.78 is 13.8. The zero-order valence-electron chi connectivity index (χ0n) is 15.4. The van der Waals surface area contributed by atoms with Gasteiger partial charge >= 0.3 is 5.97 Å². The predicted octanol–water partition coefficient (Wildman–Crippen LogP) is 4.96. The maximum absolute atomic E-state index is 12.5. The zero-order chi connectivity index (χ0) is 18.4. The number of hydrogen-bond acceptors (Lipinski definition) is 3. The van der Waals surface area contributed by atoms with E-state index in [-0.39, 0.29) is 11.4 Å². The van der Waals surface area contributed by atoms with Crippen molar-refractivity contribution < 1.29 is 14.3 Å². The Morgan fingerprint density at radius 1 is 1.28 bits per heavy atom. The Balaban J connectivity index is 2.26. The highest BCUT2D eigenvalue weighted by atomic mass is 79.9. The summed E-state index contributed by atoms with van der Waals surface area (Å²) in [4.78, 5) is 12.5. The van der Waals surface area contributed by atoms with Crippen LogP contribution in [0.1, 0.15) is 49.3 Å². The maximum atomic E-state index is 12.5. The normalized spacial score (nSPS) is 13.2. The number of aromatic nitrogens is 1. The summed E-state index contributed by atoms with van der Waals surface area (Å²) >= 11 is 3.60. The van der Waals surface area contributed by atoms with E-state index in [1.807, 2.05) is 13.0 Å². The standard InChI is InChI=1S/C20H24BrNO3/c1-6-25-19(23)16-11-14(20(2,3)4)18-13-10-15(21)17(24-5)9-12(13)7-8-22(16)18/h9-11H,6-8H2,1-5H3. The van der Waals surface area contributed by atoms with Crippen molar-refractivity contribution in [2.24, 2.45) is 0 Å². The third-order valence-corrected chi connectivity index (χ3v) is 5.25. The predicted molar refractivity (Wildman–Crippen MR) is 102 cm³/mol. The van der Waals surface area contributed by atoms with Gasteiger partial charge in [-0.05, 0) is 64.0 Å². The highest BCUT2D eigenvalue weighted by Crippen LogP contribution is 2.43. The number of methoxy groups -OCH3 is 1. The molecule has 1 aromatic heterocycles. The van der Waals surface area contributed by atoms with Gasteiger partial charge in [-0.3, -0.25) is 0 Å². The lowest BCUT2D eigenvalue weighted by Gasteiger charge is -2.26. The van der Waals surface area contributed by atoms with Gasteiger partial charge in [0.15, 0.2) is 0 Å². The smallest absolute Gasteiger partial charge is 0.354 e. The molecule has 0 fully saturated rings. The molecule has 2 aromatic rings. The lowest BCUT2D eigenvalue weighted by atomic mass is 9.83. The van der Waals surface area contributed by atoms with Crippen LogP contribution in [0.4, 0.5) is 0 Å². The van der Waals surface area contributed by atoms with Crippen LogP contribution in [-0.2, 0) is 23.1 Å². The number of nitrogens with zero attached hydrogens (tertiary/aromatic N) is 1. The molecule has 4 nitrogen and oxygen atoms in total. The number of fused-ring (bicyclic) bond motifs is 3. The third-order valence-electron chi connectivity index (χ3n) is 4.63. The summed E-state index contributed by atoms with van der Waals surface area (Å²) in [6.07, 6.45) is 0.858. The van der Waals surface area contributed by atoms with Gasteiger partial charge in [0.25, 0.3) is 0 Å². The third kappa shape index (κ3) is 3.10. The molecule has 1 aromatic carbocycles. The molecular formula is C20H24BrNO3. The molecule has 0 radical (unpaired) electrons. The molecule has 0 aliphatic carbocycles. The lowest BCUT2D eigenvalue weighted by Crippen LogP contribution is -2.19. The van der Waals surface area contributed by atoms with Gasteiger partial charge in [0, 0.05) is 12.1 Å². The number of carbonyl (C=O) groups excluding carboxylic acids is 1. The van der Waals surface area contributed by atoms with Crippen molar-refractivity contribution in [3.05, 3.63) is 39.5 Å². The molecule has 0 atom stereocenters. The van der Waals surface area contributed by atoms with Crippen LogP contribution < -0.4 is 4.74 Å². The van der Waals surface area contributed by atoms with E-state index < -0.39 is 0 Å². The second-order valence-corrected chi connectivity index (χ2v) is 8.16. The van der Waals surface area contributed by atoms with E-state index in [4.69, 9.17) is 9.47 Å². The molecule has 0 N–H and O–H groups in total. The first-order valence-corrected chi connectivity index (χ1v) is 9.35. The van der Waals surface area contributed by atoms with Crippen molar-refractivity contribution >= 4 is 21.9 Å². The van der Waals surface area contributed by atoms with Gasteiger partial charge in [-0.2, -0.15) is 0 Å². The number of halogens is 1. The van der Waals surface area contributed by atoms with E-state index in [2.05, 4.69) is 53.4 Å². The van der Waals surface area contributed by atoms with Gasteiger partial charge in [0.2, 0.25) is 0 Å². The fraction of sp³-hybridized carbons (Fsp3) is 0.450. The van der Waals surface area contributed by atoms with Crippen LogP contribution in [0.3, 0.4) is 0 Å². The SMILES string of the molecule is CCOC(=O)c1cc(C(C)(C)C)c2n1CCc1cc(OC)c(Br)cc1-2. The maximum Gasteiger partial charge on any atom is 0.354 e. The molecule has 0 saturated heterocycles. The average molecular weight is 406 g/mol. The van der Waals surface area contributed by atoms with Gasteiger partial charge < -0.3 is 14.0 Å². The summed E-state index contributed by atoms with van der Waals surface area (Å²) in [5, 5.41) is 0. The van der Waals surface area contributed by atoms with Crippen LogP contribution in [0.2, 0.25) is 0 Å². The zero-order valence-corrected chi connectivity index (χ0v) is 17.0. The van der Waals surface area contributed by atoms with Gasteiger partial charge in [0.05, 0.1) is 23.9 Å². The van der Waals surface area contributed by atoms with E-state index in [1.165, 1.54) is 5.56 Å². The van der Waals surface area contributed by atoms with Crippen LogP contribution >= 0.6 is 15.9 Å². The minimum absolute atomic E-state index is 0.0805. The first-order chi connectivity index (χ1) is 11.8. The van der Waals surface area contributed by atoms with E-state index in [0.29, 0.717) is 12.3 Å². The highest BCUT2D eigenvalue weighted by molar-refractivity contribution is 9.10. The number of ether oxygens (including phenoxy) is 2. The molecule has 1 aliphatic rings. The molecule has 0 bridgehead atoms. The summed E-state index contributed by atoms with van der Waals surface area (Å²) in [7, 11) is 1.68. The van der Waals surface area contributed by atoms with Gasteiger partial charge in [-0.15, -0.1) is 0 Å². The molecule has 0 unspecified atom stereocenters. The molecule has 3 rings (SSSR count). The van der Waals surface area contributed by atoms with E-state index in [9.17, 15) is 4.79 Å². The Morgan fingerprint density at radius 3 is 2.60 bits per heavy atom. The van der Waals surface area contributed by atoms with Crippen LogP contribution in [0.5, 0.6) is 5.75 Å². The van der Waals surface area contributed by atoms with Crippen molar-refractivity contribution in [3.8, 4) is 17.0 Å². The van der Waals surface area contributed by atoms with Crippen LogP contribution in [0.25, 0.3) is 11.3 Å². The number of rotatable bonds is 3. The second kappa shape index (κ2) is 6.52. The number of hydrogen-bond donors (Lipinski definition) is 0. The molecule has 25 heavy (non-hydrogen) atoms. The van der Waals surface area contributed by atoms with E-state index >= 15 is 0 Å².